The molecule has 0 radical (unpaired) electrons. The van der Waals surface area contributed by atoms with Crippen molar-refractivity contribution in [2.45, 2.75) is 38.2 Å². The number of ether oxygens (including phenoxy) is 1. The van der Waals surface area contributed by atoms with Crippen molar-refractivity contribution in [3.05, 3.63) is 0 Å². The highest BCUT2D eigenvalue weighted by Crippen LogP contribution is 2.40. The van der Waals surface area contributed by atoms with Crippen molar-refractivity contribution in [2.75, 3.05) is 32.8 Å². The SMILES string of the molecule is O=C(NCC1(C(=O)O)CCC1)N1CCC(OCCO)CC1. The number of hydrogen-bond acceptors (Lipinski definition) is 4. The zero-order valence-electron chi connectivity index (χ0n) is 12.2. The summed E-state index contributed by atoms with van der Waals surface area (Å²) in [5.41, 5.74) is -0.752. The van der Waals surface area contributed by atoms with Crippen LogP contribution in [0.15, 0.2) is 0 Å². The highest BCUT2D eigenvalue weighted by Gasteiger charge is 2.44. The maximum Gasteiger partial charge on any atom is 0.317 e. The molecule has 1 aliphatic carbocycles. The van der Waals surface area contributed by atoms with Gasteiger partial charge in [0, 0.05) is 19.6 Å². The van der Waals surface area contributed by atoms with E-state index < -0.39 is 11.4 Å². The molecule has 1 saturated heterocycles. The second kappa shape index (κ2) is 7.09. The Morgan fingerprint density at radius 3 is 2.43 bits per heavy atom. The number of rotatable bonds is 6. The Morgan fingerprint density at radius 2 is 1.95 bits per heavy atom. The van der Waals surface area contributed by atoms with Gasteiger partial charge < -0.3 is 25.2 Å². The molecular formula is C14H24N2O5. The van der Waals surface area contributed by atoms with Crippen molar-refractivity contribution in [1.82, 2.24) is 10.2 Å². The van der Waals surface area contributed by atoms with Gasteiger partial charge in [-0.15, -0.1) is 0 Å². The summed E-state index contributed by atoms with van der Waals surface area (Å²) in [5, 5.41) is 20.7. The number of aliphatic hydroxyl groups excluding tert-OH is 1. The predicted octanol–water partition coefficient (Wildman–Crippen LogP) is 0.424. The van der Waals surface area contributed by atoms with Crippen LogP contribution in [0.3, 0.4) is 0 Å². The fourth-order valence-corrected chi connectivity index (χ4v) is 2.87. The van der Waals surface area contributed by atoms with E-state index in [1.54, 1.807) is 4.90 Å². The molecule has 2 amide bonds. The van der Waals surface area contributed by atoms with Gasteiger partial charge in [0.05, 0.1) is 24.7 Å². The average molecular weight is 300 g/mol. The number of carboxylic acid groups (broad SMARTS) is 1. The summed E-state index contributed by atoms with van der Waals surface area (Å²) in [4.78, 5) is 25.0. The minimum atomic E-state index is -0.815. The first-order chi connectivity index (χ1) is 10.1. The molecule has 21 heavy (non-hydrogen) atoms. The van der Waals surface area contributed by atoms with Crippen LogP contribution < -0.4 is 5.32 Å². The molecule has 7 nitrogen and oxygen atoms in total. The first-order valence-corrected chi connectivity index (χ1v) is 7.56. The number of hydrogen-bond donors (Lipinski definition) is 3. The second-order valence-electron chi connectivity index (χ2n) is 5.88. The molecule has 0 bridgehead atoms. The quantitative estimate of drug-likeness (QED) is 0.660. The van der Waals surface area contributed by atoms with E-state index in [2.05, 4.69) is 5.32 Å². The number of carbonyl (C=O) groups is 2. The molecule has 1 saturated carbocycles. The molecular weight excluding hydrogens is 276 g/mol. The topological polar surface area (TPSA) is 99.1 Å². The zero-order valence-corrected chi connectivity index (χ0v) is 12.2. The number of carbonyl (C=O) groups excluding carboxylic acids is 1. The molecule has 0 atom stereocenters. The zero-order chi connectivity index (χ0) is 15.3. The summed E-state index contributed by atoms with van der Waals surface area (Å²) in [5.74, 6) is -0.815. The van der Waals surface area contributed by atoms with Gasteiger partial charge in [0.25, 0.3) is 0 Å². The number of nitrogens with zero attached hydrogens (tertiary/aromatic N) is 1. The van der Waals surface area contributed by atoms with E-state index in [1.807, 2.05) is 0 Å². The normalized spacial score (nSPS) is 21.7. The molecule has 0 aromatic heterocycles. The molecule has 0 unspecified atom stereocenters. The Kier molecular flexibility index (Phi) is 5.41. The van der Waals surface area contributed by atoms with Crippen LogP contribution in [0, 0.1) is 5.41 Å². The van der Waals surface area contributed by atoms with Crippen molar-refractivity contribution < 1.29 is 24.5 Å². The lowest BCUT2D eigenvalue weighted by molar-refractivity contribution is -0.153. The summed E-state index contributed by atoms with van der Waals surface area (Å²) in [7, 11) is 0. The second-order valence-corrected chi connectivity index (χ2v) is 5.88. The maximum atomic E-state index is 12.1. The van der Waals surface area contributed by atoms with E-state index >= 15 is 0 Å². The molecule has 120 valence electrons. The highest BCUT2D eigenvalue weighted by atomic mass is 16.5. The van der Waals surface area contributed by atoms with Crippen LogP contribution in [0.4, 0.5) is 4.79 Å². The molecule has 0 spiro atoms. The molecule has 2 aliphatic rings. The van der Waals surface area contributed by atoms with E-state index in [0.717, 1.165) is 19.3 Å². The molecule has 0 aromatic rings. The van der Waals surface area contributed by atoms with Crippen LogP contribution in [0.5, 0.6) is 0 Å². The third kappa shape index (κ3) is 3.85. The van der Waals surface area contributed by atoms with Gasteiger partial charge in [0.15, 0.2) is 0 Å². The van der Waals surface area contributed by atoms with Crippen LogP contribution in [0.25, 0.3) is 0 Å². The maximum absolute atomic E-state index is 12.1. The molecule has 1 aliphatic heterocycles. The van der Waals surface area contributed by atoms with Gasteiger partial charge in [-0.1, -0.05) is 6.42 Å². The summed E-state index contributed by atoms with van der Waals surface area (Å²) in [6.07, 6.45) is 3.78. The van der Waals surface area contributed by atoms with Gasteiger partial charge in [-0.3, -0.25) is 4.79 Å². The van der Waals surface area contributed by atoms with Crippen molar-refractivity contribution in [3.63, 3.8) is 0 Å². The standard InChI is InChI=1S/C14H24N2O5/c17-8-9-21-11-2-6-16(7-3-11)13(20)15-10-14(12(18)19)4-1-5-14/h11,17H,1-10H2,(H,15,20)(H,18,19). The molecule has 7 heteroatoms. The van der Waals surface area contributed by atoms with Crippen LogP contribution in [0.2, 0.25) is 0 Å². The van der Waals surface area contributed by atoms with Gasteiger partial charge in [-0.2, -0.15) is 0 Å². The average Bonchev–Trinajstić information content (AvgIpc) is 2.44. The van der Waals surface area contributed by atoms with Gasteiger partial charge >= 0.3 is 12.0 Å². The Labute approximate surface area is 124 Å². The molecule has 3 N–H and O–H groups in total. The Balaban J connectivity index is 1.71. The number of likely N-dealkylation sites (tertiary alicyclic amines) is 1. The first kappa shape index (κ1) is 16.0. The van der Waals surface area contributed by atoms with Crippen LogP contribution in [-0.2, 0) is 9.53 Å². The fourth-order valence-electron chi connectivity index (χ4n) is 2.87. The number of piperidine rings is 1. The molecule has 1 heterocycles. The van der Waals surface area contributed by atoms with Gasteiger partial charge in [0.2, 0.25) is 0 Å². The summed E-state index contributed by atoms with van der Waals surface area (Å²) < 4.78 is 5.45. The number of aliphatic carboxylic acids is 1. The van der Waals surface area contributed by atoms with Crippen molar-refractivity contribution >= 4 is 12.0 Å². The van der Waals surface area contributed by atoms with Gasteiger partial charge in [-0.25, -0.2) is 4.79 Å². The molecule has 0 aromatic carbocycles. The lowest BCUT2D eigenvalue weighted by Crippen LogP contribution is -2.52. The lowest BCUT2D eigenvalue weighted by atomic mass is 9.69. The summed E-state index contributed by atoms with van der Waals surface area (Å²) in [6, 6.07) is -0.192. The van der Waals surface area contributed by atoms with Crippen LogP contribution in [0.1, 0.15) is 32.1 Å². The largest absolute Gasteiger partial charge is 0.481 e. The summed E-state index contributed by atoms with van der Waals surface area (Å²) in [6.45, 7) is 1.75. The van der Waals surface area contributed by atoms with Crippen LogP contribution in [-0.4, -0.2) is 66.1 Å². The number of aliphatic hydroxyl groups is 1. The van der Waals surface area contributed by atoms with E-state index in [0.29, 0.717) is 32.5 Å². The number of nitrogens with one attached hydrogen (secondary N) is 1. The number of urea groups is 1. The first-order valence-electron chi connectivity index (χ1n) is 7.56. The predicted molar refractivity (Wildman–Crippen MR) is 75.0 cm³/mol. The van der Waals surface area contributed by atoms with E-state index in [9.17, 15) is 14.7 Å². The number of carboxylic acids is 1. The third-order valence-corrected chi connectivity index (χ3v) is 4.52. The Morgan fingerprint density at radius 1 is 1.29 bits per heavy atom. The van der Waals surface area contributed by atoms with Gasteiger partial charge in [-0.05, 0) is 25.7 Å². The van der Waals surface area contributed by atoms with E-state index in [-0.39, 0.29) is 25.3 Å². The summed E-state index contributed by atoms with van der Waals surface area (Å²) >= 11 is 0. The van der Waals surface area contributed by atoms with Crippen molar-refractivity contribution in [1.29, 1.82) is 0 Å². The smallest absolute Gasteiger partial charge is 0.317 e. The van der Waals surface area contributed by atoms with Gasteiger partial charge in [0.1, 0.15) is 0 Å². The monoisotopic (exact) mass is 300 g/mol. The Bertz CT molecular complexity index is 376. The van der Waals surface area contributed by atoms with E-state index in [4.69, 9.17) is 9.84 Å². The number of amides is 2. The van der Waals surface area contributed by atoms with Crippen LogP contribution >= 0.6 is 0 Å². The third-order valence-electron chi connectivity index (χ3n) is 4.52. The minimum absolute atomic E-state index is 0.0119. The van der Waals surface area contributed by atoms with Crippen molar-refractivity contribution in [3.8, 4) is 0 Å². The fraction of sp³-hybridized carbons (Fsp3) is 0.857. The lowest BCUT2D eigenvalue weighted by Gasteiger charge is -2.38. The van der Waals surface area contributed by atoms with Crippen molar-refractivity contribution in [2.24, 2.45) is 5.41 Å². The Hall–Kier alpha value is -1.34. The van der Waals surface area contributed by atoms with E-state index in [1.165, 1.54) is 0 Å². The minimum Gasteiger partial charge on any atom is -0.481 e. The highest BCUT2D eigenvalue weighted by molar-refractivity contribution is 5.79. The molecule has 2 fully saturated rings. The molecule has 2 rings (SSSR count).